The van der Waals surface area contributed by atoms with E-state index in [2.05, 4.69) is 17.2 Å². The Kier molecular flexibility index (Phi) is 4.15. The zero-order chi connectivity index (χ0) is 13.0. The van der Waals surface area contributed by atoms with Gasteiger partial charge in [-0.3, -0.25) is 4.79 Å². The van der Waals surface area contributed by atoms with Crippen molar-refractivity contribution in [2.24, 2.45) is 0 Å². The lowest BCUT2D eigenvalue weighted by Gasteiger charge is -1.98. The van der Waals surface area contributed by atoms with E-state index in [4.69, 9.17) is 4.74 Å². The summed E-state index contributed by atoms with van der Waals surface area (Å²) in [4.78, 5) is 16.0. The second kappa shape index (κ2) is 5.82. The molecule has 1 heterocycles. The molecule has 0 fully saturated rings. The third-order valence-electron chi connectivity index (χ3n) is 2.60. The van der Waals surface area contributed by atoms with Crippen LogP contribution in [0.25, 0.3) is 10.2 Å². The fourth-order valence-electron chi connectivity index (χ4n) is 1.61. The van der Waals surface area contributed by atoms with Gasteiger partial charge in [-0.15, -0.1) is 0 Å². The number of anilines is 1. The van der Waals surface area contributed by atoms with Gasteiger partial charge in [0, 0.05) is 12.5 Å². The molecule has 1 aromatic carbocycles. The van der Waals surface area contributed by atoms with Gasteiger partial charge in [0.15, 0.2) is 5.13 Å². The van der Waals surface area contributed by atoms with E-state index < -0.39 is 0 Å². The van der Waals surface area contributed by atoms with Crippen molar-refractivity contribution in [3.63, 3.8) is 0 Å². The molecule has 0 bridgehead atoms. The molecule has 0 aliphatic carbocycles. The fraction of sp³-hybridized carbons (Fsp3) is 0.385. The summed E-state index contributed by atoms with van der Waals surface area (Å²) in [6.07, 6.45) is 2.48. The Balaban J connectivity index is 2.12. The maximum atomic E-state index is 11.6. The molecule has 5 heteroatoms. The molecule has 0 unspecified atom stereocenters. The summed E-state index contributed by atoms with van der Waals surface area (Å²) in [6.45, 7) is 2.07. The Morgan fingerprint density at radius 2 is 2.33 bits per heavy atom. The molecular weight excluding hydrogens is 248 g/mol. The molecule has 96 valence electrons. The van der Waals surface area contributed by atoms with E-state index in [0.29, 0.717) is 11.6 Å². The number of hydrogen-bond donors (Lipinski definition) is 1. The van der Waals surface area contributed by atoms with Gasteiger partial charge in [-0.2, -0.15) is 0 Å². The molecule has 0 saturated heterocycles. The van der Waals surface area contributed by atoms with Gasteiger partial charge in [0.05, 0.1) is 17.3 Å². The zero-order valence-electron chi connectivity index (χ0n) is 10.5. The third kappa shape index (κ3) is 2.98. The highest BCUT2D eigenvalue weighted by atomic mass is 32.1. The topological polar surface area (TPSA) is 51.2 Å². The van der Waals surface area contributed by atoms with Crippen LogP contribution in [0.4, 0.5) is 5.13 Å². The molecule has 1 amide bonds. The first-order chi connectivity index (χ1) is 8.72. The second-order valence-corrected chi connectivity index (χ2v) is 5.04. The van der Waals surface area contributed by atoms with Crippen molar-refractivity contribution in [2.45, 2.75) is 26.2 Å². The van der Waals surface area contributed by atoms with Crippen LogP contribution in [0.15, 0.2) is 18.2 Å². The van der Waals surface area contributed by atoms with Gasteiger partial charge in [0.25, 0.3) is 0 Å². The average Bonchev–Trinajstić information content (AvgIpc) is 2.77. The lowest BCUT2D eigenvalue weighted by molar-refractivity contribution is -0.116. The highest BCUT2D eigenvalue weighted by Crippen LogP contribution is 2.28. The molecule has 1 aromatic heterocycles. The number of hydrogen-bond acceptors (Lipinski definition) is 4. The van der Waals surface area contributed by atoms with Crippen LogP contribution < -0.4 is 10.1 Å². The number of aromatic nitrogens is 1. The van der Waals surface area contributed by atoms with Crippen LogP contribution in [0.5, 0.6) is 5.75 Å². The molecule has 0 saturated carbocycles. The normalized spacial score (nSPS) is 10.6. The highest BCUT2D eigenvalue weighted by Gasteiger charge is 2.08. The molecule has 2 aromatic rings. The van der Waals surface area contributed by atoms with Crippen molar-refractivity contribution in [3.8, 4) is 5.75 Å². The van der Waals surface area contributed by atoms with Crippen LogP contribution in [0.1, 0.15) is 26.2 Å². The molecule has 0 spiro atoms. The van der Waals surface area contributed by atoms with Gasteiger partial charge in [-0.1, -0.05) is 24.7 Å². The minimum absolute atomic E-state index is 0.0304. The van der Waals surface area contributed by atoms with Crippen molar-refractivity contribution in [1.82, 2.24) is 4.98 Å². The molecule has 2 rings (SSSR count). The van der Waals surface area contributed by atoms with Crippen molar-refractivity contribution in [3.05, 3.63) is 18.2 Å². The molecule has 0 atom stereocenters. The van der Waals surface area contributed by atoms with Crippen LogP contribution >= 0.6 is 11.3 Å². The smallest absolute Gasteiger partial charge is 0.226 e. The third-order valence-corrected chi connectivity index (χ3v) is 3.55. The van der Waals surface area contributed by atoms with Crippen molar-refractivity contribution < 1.29 is 9.53 Å². The number of benzene rings is 1. The van der Waals surface area contributed by atoms with E-state index in [1.54, 1.807) is 7.11 Å². The minimum Gasteiger partial charge on any atom is -0.497 e. The second-order valence-electron chi connectivity index (χ2n) is 4.00. The SMILES string of the molecule is CCCCC(=O)Nc1nc2cc(OC)ccc2s1. The van der Waals surface area contributed by atoms with Gasteiger partial charge in [0.1, 0.15) is 5.75 Å². The average molecular weight is 264 g/mol. The largest absolute Gasteiger partial charge is 0.497 e. The summed E-state index contributed by atoms with van der Waals surface area (Å²) in [5.41, 5.74) is 0.852. The van der Waals surface area contributed by atoms with Gasteiger partial charge >= 0.3 is 0 Å². The van der Waals surface area contributed by atoms with Gasteiger partial charge in [-0.05, 0) is 18.6 Å². The van der Waals surface area contributed by atoms with E-state index in [9.17, 15) is 4.79 Å². The summed E-state index contributed by atoms with van der Waals surface area (Å²) in [5, 5.41) is 3.48. The molecule has 4 nitrogen and oxygen atoms in total. The van der Waals surface area contributed by atoms with E-state index in [1.807, 2.05) is 18.2 Å². The number of thiazole rings is 1. The molecule has 18 heavy (non-hydrogen) atoms. The van der Waals surface area contributed by atoms with Gasteiger partial charge in [-0.25, -0.2) is 4.98 Å². The number of carbonyl (C=O) groups excluding carboxylic acids is 1. The number of methoxy groups -OCH3 is 1. The Morgan fingerprint density at radius 3 is 3.06 bits per heavy atom. The number of unbranched alkanes of at least 4 members (excludes halogenated alkanes) is 1. The van der Waals surface area contributed by atoms with Crippen LogP contribution in [0.3, 0.4) is 0 Å². The Labute approximate surface area is 110 Å². The number of nitrogens with zero attached hydrogens (tertiary/aromatic N) is 1. The number of fused-ring (bicyclic) bond motifs is 1. The van der Waals surface area contributed by atoms with Crippen LogP contribution in [0.2, 0.25) is 0 Å². The van der Waals surface area contributed by atoms with E-state index in [1.165, 1.54) is 11.3 Å². The maximum absolute atomic E-state index is 11.6. The first-order valence-electron chi connectivity index (χ1n) is 5.97. The monoisotopic (exact) mass is 264 g/mol. The molecule has 0 radical (unpaired) electrons. The number of nitrogens with one attached hydrogen (secondary N) is 1. The molecule has 1 N–H and O–H groups in total. The predicted molar refractivity (Wildman–Crippen MR) is 74.3 cm³/mol. The molecule has 0 aliphatic heterocycles. The standard InChI is InChI=1S/C13H16N2O2S/c1-3-4-5-12(16)15-13-14-10-8-9(17-2)6-7-11(10)18-13/h6-8H,3-5H2,1-2H3,(H,14,15,16). The number of amides is 1. The van der Waals surface area contributed by atoms with Crippen LogP contribution in [0, 0.1) is 0 Å². The maximum Gasteiger partial charge on any atom is 0.226 e. The summed E-state index contributed by atoms with van der Waals surface area (Å²) < 4.78 is 6.19. The van der Waals surface area contributed by atoms with Crippen molar-refractivity contribution in [1.29, 1.82) is 0 Å². The Morgan fingerprint density at radius 1 is 1.50 bits per heavy atom. The minimum atomic E-state index is 0.0304. The fourth-order valence-corrected chi connectivity index (χ4v) is 2.47. The molecule has 0 aliphatic rings. The quantitative estimate of drug-likeness (QED) is 0.900. The summed E-state index contributed by atoms with van der Waals surface area (Å²) in [6, 6.07) is 5.71. The first kappa shape index (κ1) is 12.8. The van der Waals surface area contributed by atoms with E-state index >= 15 is 0 Å². The Bertz CT molecular complexity index is 551. The summed E-state index contributed by atoms with van der Waals surface area (Å²) in [7, 11) is 1.63. The molecular formula is C13H16N2O2S. The van der Waals surface area contributed by atoms with Crippen molar-refractivity contribution >= 4 is 32.6 Å². The van der Waals surface area contributed by atoms with Crippen molar-refractivity contribution in [2.75, 3.05) is 12.4 Å². The zero-order valence-corrected chi connectivity index (χ0v) is 11.3. The first-order valence-corrected chi connectivity index (χ1v) is 6.79. The lowest BCUT2D eigenvalue weighted by atomic mass is 10.2. The number of rotatable bonds is 5. The lowest BCUT2D eigenvalue weighted by Crippen LogP contribution is -2.10. The van der Waals surface area contributed by atoms with Crippen LogP contribution in [-0.2, 0) is 4.79 Å². The predicted octanol–water partition coefficient (Wildman–Crippen LogP) is 3.43. The van der Waals surface area contributed by atoms with Gasteiger partial charge < -0.3 is 10.1 Å². The highest BCUT2D eigenvalue weighted by molar-refractivity contribution is 7.22. The summed E-state index contributed by atoms with van der Waals surface area (Å²) in [5.74, 6) is 0.805. The Hall–Kier alpha value is -1.62. The number of ether oxygens (including phenoxy) is 1. The van der Waals surface area contributed by atoms with E-state index in [0.717, 1.165) is 28.8 Å². The summed E-state index contributed by atoms with van der Waals surface area (Å²) >= 11 is 1.48. The van der Waals surface area contributed by atoms with E-state index in [-0.39, 0.29) is 5.91 Å². The van der Waals surface area contributed by atoms with Crippen LogP contribution in [-0.4, -0.2) is 18.0 Å². The number of carbonyl (C=O) groups is 1. The van der Waals surface area contributed by atoms with Gasteiger partial charge in [0.2, 0.25) is 5.91 Å².